The first-order chi connectivity index (χ1) is 23.8. The standard InChI is InChI=1S/C48H30/c1-2-12-31(13-3-1)34-24-27-44-46(29-34)48(43-21-11-10-20-42(43)47(44)35-23-22-32-14-4-5-15-33(32)28-35)36-25-26-41-39-18-7-6-16-37(39)38-17-8-9-19-40(38)45(41)30-36/h1-30H. The van der Waals surface area contributed by atoms with E-state index in [1.54, 1.807) is 0 Å². The van der Waals surface area contributed by atoms with Gasteiger partial charge in [-0.25, -0.2) is 0 Å². The Balaban J connectivity index is 1.34. The Bertz CT molecular complexity index is 2840. The van der Waals surface area contributed by atoms with Gasteiger partial charge in [-0.2, -0.15) is 0 Å². The minimum absolute atomic E-state index is 1.22. The zero-order valence-corrected chi connectivity index (χ0v) is 26.3. The molecule has 48 heavy (non-hydrogen) atoms. The van der Waals surface area contributed by atoms with Crippen LogP contribution in [0.3, 0.4) is 0 Å². The highest BCUT2D eigenvalue weighted by atomic mass is 14.2. The van der Waals surface area contributed by atoms with Gasteiger partial charge in [0.25, 0.3) is 0 Å². The molecule has 0 spiro atoms. The zero-order chi connectivity index (χ0) is 31.6. The fourth-order valence-electron chi connectivity index (χ4n) is 8.02. The lowest BCUT2D eigenvalue weighted by Gasteiger charge is -2.20. The lowest BCUT2D eigenvalue weighted by Crippen LogP contribution is -1.92. The molecular formula is C48H30. The predicted molar refractivity (Wildman–Crippen MR) is 208 cm³/mol. The van der Waals surface area contributed by atoms with Gasteiger partial charge in [-0.3, -0.25) is 0 Å². The Kier molecular flexibility index (Phi) is 5.98. The number of fused-ring (bicyclic) bond motifs is 9. The highest BCUT2D eigenvalue weighted by molar-refractivity contribution is 6.27. The smallest absolute Gasteiger partial charge is 0.00259 e. The summed E-state index contributed by atoms with van der Waals surface area (Å²) in [5.74, 6) is 0. The molecule has 0 bridgehead atoms. The molecule has 0 fully saturated rings. The van der Waals surface area contributed by atoms with Crippen LogP contribution in [0.1, 0.15) is 0 Å². The van der Waals surface area contributed by atoms with E-state index in [1.165, 1.54) is 98.0 Å². The van der Waals surface area contributed by atoms with Crippen LogP contribution in [0, 0.1) is 0 Å². The van der Waals surface area contributed by atoms with E-state index in [2.05, 4.69) is 182 Å². The summed E-state index contributed by atoms with van der Waals surface area (Å²) in [6.07, 6.45) is 0. The molecule has 0 aliphatic carbocycles. The minimum Gasteiger partial charge on any atom is -0.0622 e. The highest BCUT2D eigenvalue weighted by Gasteiger charge is 2.19. The predicted octanol–water partition coefficient (Wildman–Crippen LogP) is 13.6. The fourth-order valence-corrected chi connectivity index (χ4v) is 8.02. The van der Waals surface area contributed by atoms with Crippen LogP contribution in [0.2, 0.25) is 0 Å². The zero-order valence-electron chi connectivity index (χ0n) is 26.3. The van der Waals surface area contributed by atoms with Crippen molar-refractivity contribution in [3.63, 3.8) is 0 Å². The third-order valence-electron chi connectivity index (χ3n) is 10.2. The summed E-state index contributed by atoms with van der Waals surface area (Å²) in [5.41, 5.74) is 7.49. The maximum absolute atomic E-state index is 2.44. The van der Waals surface area contributed by atoms with E-state index in [4.69, 9.17) is 0 Å². The maximum atomic E-state index is 2.44. The normalized spacial score (nSPS) is 11.8. The van der Waals surface area contributed by atoms with Crippen molar-refractivity contribution in [2.24, 2.45) is 0 Å². The average molecular weight is 607 g/mol. The lowest BCUT2D eigenvalue weighted by molar-refractivity contribution is 1.64. The van der Waals surface area contributed by atoms with Crippen molar-refractivity contribution in [2.45, 2.75) is 0 Å². The summed E-state index contributed by atoms with van der Waals surface area (Å²) >= 11 is 0. The van der Waals surface area contributed by atoms with Gasteiger partial charge in [0.15, 0.2) is 0 Å². The van der Waals surface area contributed by atoms with E-state index in [0.717, 1.165) is 0 Å². The molecule has 0 aliphatic rings. The van der Waals surface area contributed by atoms with Crippen molar-refractivity contribution >= 4 is 64.6 Å². The van der Waals surface area contributed by atoms with Gasteiger partial charge in [0.1, 0.15) is 0 Å². The molecule has 0 aromatic heterocycles. The van der Waals surface area contributed by atoms with Gasteiger partial charge < -0.3 is 0 Å². The van der Waals surface area contributed by atoms with Crippen LogP contribution in [0.25, 0.3) is 98.0 Å². The van der Waals surface area contributed by atoms with Gasteiger partial charge in [-0.05, 0) is 116 Å². The second kappa shape index (κ2) is 10.7. The quantitative estimate of drug-likeness (QED) is 0.139. The lowest BCUT2D eigenvalue weighted by atomic mass is 9.83. The monoisotopic (exact) mass is 606 g/mol. The third kappa shape index (κ3) is 4.10. The van der Waals surface area contributed by atoms with Crippen molar-refractivity contribution in [3.8, 4) is 33.4 Å². The van der Waals surface area contributed by atoms with E-state index in [9.17, 15) is 0 Å². The van der Waals surface area contributed by atoms with Crippen LogP contribution in [0.4, 0.5) is 0 Å². The van der Waals surface area contributed by atoms with Crippen LogP contribution in [0.15, 0.2) is 182 Å². The second-order valence-electron chi connectivity index (χ2n) is 12.8. The van der Waals surface area contributed by atoms with Crippen molar-refractivity contribution in [3.05, 3.63) is 182 Å². The van der Waals surface area contributed by atoms with Crippen LogP contribution < -0.4 is 0 Å². The van der Waals surface area contributed by atoms with Crippen molar-refractivity contribution < 1.29 is 0 Å². The summed E-state index contributed by atoms with van der Waals surface area (Å²) in [7, 11) is 0. The third-order valence-corrected chi connectivity index (χ3v) is 10.2. The summed E-state index contributed by atoms with van der Waals surface area (Å²) in [4.78, 5) is 0. The van der Waals surface area contributed by atoms with Gasteiger partial charge in [0, 0.05) is 0 Å². The molecule has 0 saturated carbocycles. The SMILES string of the molecule is c1ccc(-c2ccc3c(-c4ccc5ccccc5c4)c4ccccc4c(-c4ccc5c6ccccc6c6ccccc6c5c4)c3c2)cc1. The molecule has 10 aromatic carbocycles. The Hall–Kier alpha value is -6.24. The molecule has 0 aliphatic heterocycles. The molecular weight excluding hydrogens is 577 g/mol. The van der Waals surface area contributed by atoms with E-state index < -0.39 is 0 Å². The summed E-state index contributed by atoms with van der Waals surface area (Å²) in [5, 5.41) is 15.3. The molecule has 0 heterocycles. The first-order valence-corrected chi connectivity index (χ1v) is 16.7. The van der Waals surface area contributed by atoms with Crippen molar-refractivity contribution in [2.75, 3.05) is 0 Å². The number of benzene rings is 10. The largest absolute Gasteiger partial charge is 0.0622 e. The molecule has 0 heteroatoms. The van der Waals surface area contributed by atoms with Gasteiger partial charge in [0.2, 0.25) is 0 Å². The number of hydrogen-bond donors (Lipinski definition) is 0. The van der Waals surface area contributed by atoms with Crippen LogP contribution in [-0.4, -0.2) is 0 Å². The van der Waals surface area contributed by atoms with E-state index >= 15 is 0 Å². The molecule has 0 nitrogen and oxygen atoms in total. The van der Waals surface area contributed by atoms with Crippen LogP contribution in [0.5, 0.6) is 0 Å². The van der Waals surface area contributed by atoms with E-state index in [-0.39, 0.29) is 0 Å². The summed E-state index contributed by atoms with van der Waals surface area (Å²) in [6.45, 7) is 0. The summed E-state index contributed by atoms with van der Waals surface area (Å²) < 4.78 is 0. The first-order valence-electron chi connectivity index (χ1n) is 16.7. The molecule has 0 radical (unpaired) electrons. The van der Waals surface area contributed by atoms with Gasteiger partial charge in [-0.1, -0.05) is 164 Å². The number of rotatable bonds is 3. The van der Waals surface area contributed by atoms with E-state index in [0.29, 0.717) is 0 Å². The van der Waals surface area contributed by atoms with Crippen molar-refractivity contribution in [1.82, 2.24) is 0 Å². The number of hydrogen-bond acceptors (Lipinski definition) is 0. The fraction of sp³-hybridized carbons (Fsp3) is 0. The van der Waals surface area contributed by atoms with Crippen molar-refractivity contribution in [1.29, 1.82) is 0 Å². The molecule has 0 N–H and O–H groups in total. The second-order valence-corrected chi connectivity index (χ2v) is 12.8. The molecule has 10 aromatic rings. The Labute approximate surface area is 279 Å². The van der Waals surface area contributed by atoms with Gasteiger partial charge >= 0.3 is 0 Å². The molecule has 0 atom stereocenters. The Morgan fingerprint density at radius 2 is 0.604 bits per heavy atom. The van der Waals surface area contributed by atoms with Crippen LogP contribution >= 0.6 is 0 Å². The Morgan fingerprint density at radius 3 is 1.29 bits per heavy atom. The molecule has 0 amide bonds. The Morgan fingerprint density at radius 1 is 0.188 bits per heavy atom. The first kappa shape index (κ1) is 26.9. The van der Waals surface area contributed by atoms with Gasteiger partial charge in [-0.15, -0.1) is 0 Å². The summed E-state index contributed by atoms with van der Waals surface area (Å²) in [6, 6.07) is 67.2. The highest BCUT2D eigenvalue weighted by Crippen LogP contribution is 2.46. The molecule has 222 valence electrons. The molecule has 0 saturated heterocycles. The van der Waals surface area contributed by atoms with Crippen LogP contribution in [-0.2, 0) is 0 Å². The average Bonchev–Trinajstić information content (AvgIpc) is 3.17. The topological polar surface area (TPSA) is 0 Å². The maximum Gasteiger partial charge on any atom is -0.00259 e. The van der Waals surface area contributed by atoms with Gasteiger partial charge in [0.05, 0.1) is 0 Å². The minimum atomic E-state index is 1.22. The van der Waals surface area contributed by atoms with E-state index in [1.807, 2.05) is 0 Å². The molecule has 0 unspecified atom stereocenters. The molecule has 10 rings (SSSR count).